The van der Waals surface area contributed by atoms with Crippen LogP contribution in [-0.4, -0.2) is 49.1 Å². The summed E-state index contributed by atoms with van der Waals surface area (Å²) in [7, 11) is 0. The summed E-state index contributed by atoms with van der Waals surface area (Å²) in [6.45, 7) is 6.82. The van der Waals surface area contributed by atoms with E-state index in [1.165, 1.54) is 44.9 Å². The molecule has 0 spiro atoms. The van der Waals surface area contributed by atoms with Crippen molar-refractivity contribution < 1.29 is 4.79 Å². The predicted octanol–water partition coefficient (Wildman–Crippen LogP) is 1.90. The smallest absolute Gasteiger partial charge is 0.234 e. The lowest BCUT2D eigenvalue weighted by molar-refractivity contribution is -0.124. The Morgan fingerprint density at radius 3 is 2.55 bits per heavy atom. The van der Waals surface area contributed by atoms with Crippen molar-refractivity contribution in [2.75, 3.05) is 32.7 Å². The van der Waals surface area contributed by atoms with Crippen LogP contribution in [0.3, 0.4) is 0 Å². The first-order valence-corrected chi connectivity index (χ1v) is 8.48. The number of piperazine rings is 1. The Kier molecular flexibility index (Phi) is 6.30. The fraction of sp³-hybridized carbons (Fsp3) is 0.938. The van der Waals surface area contributed by atoms with Crippen molar-refractivity contribution in [1.82, 2.24) is 15.5 Å². The van der Waals surface area contributed by atoms with Crippen LogP contribution in [0.5, 0.6) is 0 Å². The first-order chi connectivity index (χ1) is 9.74. The molecule has 1 aliphatic carbocycles. The zero-order valence-electron chi connectivity index (χ0n) is 13.0. The van der Waals surface area contributed by atoms with Crippen LogP contribution in [0.2, 0.25) is 0 Å². The monoisotopic (exact) mass is 281 g/mol. The van der Waals surface area contributed by atoms with E-state index in [0.29, 0.717) is 6.54 Å². The average Bonchev–Trinajstić information content (AvgIpc) is 2.47. The Bertz CT molecular complexity index is 294. The van der Waals surface area contributed by atoms with Crippen LogP contribution < -0.4 is 10.6 Å². The third-order valence-electron chi connectivity index (χ3n) is 4.80. The summed E-state index contributed by atoms with van der Waals surface area (Å²) in [5.41, 5.74) is 0.110. The van der Waals surface area contributed by atoms with E-state index in [0.717, 1.165) is 32.6 Å². The van der Waals surface area contributed by atoms with Crippen LogP contribution in [0.15, 0.2) is 0 Å². The van der Waals surface area contributed by atoms with Crippen molar-refractivity contribution in [3.63, 3.8) is 0 Å². The molecule has 1 heterocycles. The number of rotatable bonds is 6. The van der Waals surface area contributed by atoms with Crippen LogP contribution >= 0.6 is 0 Å². The molecular formula is C16H31N3O. The molecule has 0 bridgehead atoms. The molecule has 0 atom stereocenters. The summed E-state index contributed by atoms with van der Waals surface area (Å²) in [5, 5.41) is 6.74. The van der Waals surface area contributed by atoms with Crippen molar-refractivity contribution in [2.45, 2.75) is 63.8 Å². The van der Waals surface area contributed by atoms with Crippen molar-refractivity contribution >= 4 is 5.91 Å². The average molecular weight is 281 g/mol. The SMILES string of the molecule is CCCCC1(NC(=O)CN2CCNCC2)CCCCC1. The highest BCUT2D eigenvalue weighted by Crippen LogP contribution is 2.32. The molecule has 1 saturated carbocycles. The highest BCUT2D eigenvalue weighted by molar-refractivity contribution is 5.78. The molecule has 2 rings (SSSR count). The molecule has 0 aromatic rings. The lowest BCUT2D eigenvalue weighted by Crippen LogP contribution is -2.54. The zero-order chi connectivity index (χ0) is 14.3. The molecule has 4 heteroatoms. The van der Waals surface area contributed by atoms with E-state index in [9.17, 15) is 4.79 Å². The highest BCUT2D eigenvalue weighted by Gasteiger charge is 2.33. The molecular weight excluding hydrogens is 250 g/mol. The second-order valence-electron chi connectivity index (χ2n) is 6.52. The quantitative estimate of drug-likeness (QED) is 0.781. The van der Waals surface area contributed by atoms with Gasteiger partial charge in [-0.05, 0) is 19.3 Å². The van der Waals surface area contributed by atoms with Gasteiger partial charge in [-0.3, -0.25) is 9.69 Å². The number of nitrogens with zero attached hydrogens (tertiary/aromatic N) is 1. The minimum absolute atomic E-state index is 0.110. The van der Waals surface area contributed by atoms with E-state index >= 15 is 0 Å². The Hall–Kier alpha value is -0.610. The van der Waals surface area contributed by atoms with Gasteiger partial charge in [0.1, 0.15) is 0 Å². The number of unbranched alkanes of at least 4 members (excludes halogenated alkanes) is 1. The maximum Gasteiger partial charge on any atom is 0.234 e. The number of carbonyl (C=O) groups excluding carboxylic acids is 1. The second-order valence-corrected chi connectivity index (χ2v) is 6.52. The fourth-order valence-electron chi connectivity index (χ4n) is 3.59. The highest BCUT2D eigenvalue weighted by atomic mass is 16.2. The van der Waals surface area contributed by atoms with Gasteiger partial charge in [0, 0.05) is 31.7 Å². The van der Waals surface area contributed by atoms with Gasteiger partial charge in [-0.2, -0.15) is 0 Å². The van der Waals surface area contributed by atoms with Gasteiger partial charge in [0.25, 0.3) is 0 Å². The molecule has 0 unspecified atom stereocenters. The van der Waals surface area contributed by atoms with Crippen LogP contribution in [0.25, 0.3) is 0 Å². The van der Waals surface area contributed by atoms with Crippen molar-refractivity contribution in [2.24, 2.45) is 0 Å². The van der Waals surface area contributed by atoms with Gasteiger partial charge < -0.3 is 10.6 Å². The number of carbonyl (C=O) groups is 1. The summed E-state index contributed by atoms with van der Waals surface area (Å²) in [4.78, 5) is 14.6. The van der Waals surface area contributed by atoms with E-state index < -0.39 is 0 Å². The van der Waals surface area contributed by atoms with Gasteiger partial charge in [0.15, 0.2) is 0 Å². The van der Waals surface area contributed by atoms with Gasteiger partial charge in [-0.25, -0.2) is 0 Å². The Morgan fingerprint density at radius 2 is 1.90 bits per heavy atom. The summed E-state index contributed by atoms with van der Waals surface area (Å²) < 4.78 is 0. The number of hydrogen-bond donors (Lipinski definition) is 2. The lowest BCUT2D eigenvalue weighted by Gasteiger charge is -2.39. The Labute approximate surface area is 123 Å². The molecule has 0 aromatic heterocycles. The van der Waals surface area contributed by atoms with E-state index in [2.05, 4.69) is 22.5 Å². The zero-order valence-corrected chi connectivity index (χ0v) is 13.0. The maximum atomic E-state index is 12.4. The first-order valence-electron chi connectivity index (χ1n) is 8.48. The van der Waals surface area contributed by atoms with Crippen LogP contribution in [0.4, 0.5) is 0 Å². The summed E-state index contributed by atoms with van der Waals surface area (Å²) in [6.07, 6.45) is 9.86. The van der Waals surface area contributed by atoms with Crippen LogP contribution in [0.1, 0.15) is 58.3 Å². The van der Waals surface area contributed by atoms with Gasteiger partial charge in [-0.15, -0.1) is 0 Å². The summed E-state index contributed by atoms with van der Waals surface area (Å²) in [5.74, 6) is 0.241. The number of hydrogen-bond acceptors (Lipinski definition) is 3. The normalized spacial score (nSPS) is 23.4. The van der Waals surface area contributed by atoms with Gasteiger partial charge in [-0.1, -0.05) is 39.0 Å². The molecule has 2 N–H and O–H groups in total. The molecule has 4 nitrogen and oxygen atoms in total. The van der Waals surface area contributed by atoms with Crippen LogP contribution in [-0.2, 0) is 4.79 Å². The molecule has 116 valence electrons. The molecule has 2 aliphatic rings. The summed E-state index contributed by atoms with van der Waals surface area (Å²) in [6, 6.07) is 0. The molecule has 1 aliphatic heterocycles. The predicted molar refractivity (Wildman–Crippen MR) is 82.8 cm³/mol. The third-order valence-corrected chi connectivity index (χ3v) is 4.80. The molecule has 0 radical (unpaired) electrons. The topological polar surface area (TPSA) is 44.4 Å². The molecule has 2 fully saturated rings. The van der Waals surface area contributed by atoms with E-state index in [-0.39, 0.29) is 11.4 Å². The van der Waals surface area contributed by atoms with Gasteiger partial charge >= 0.3 is 0 Å². The molecule has 20 heavy (non-hydrogen) atoms. The van der Waals surface area contributed by atoms with Gasteiger partial charge in [0.2, 0.25) is 5.91 Å². The maximum absolute atomic E-state index is 12.4. The van der Waals surface area contributed by atoms with Crippen molar-refractivity contribution in [3.8, 4) is 0 Å². The lowest BCUT2D eigenvalue weighted by atomic mass is 9.78. The minimum atomic E-state index is 0.110. The van der Waals surface area contributed by atoms with Crippen molar-refractivity contribution in [1.29, 1.82) is 0 Å². The van der Waals surface area contributed by atoms with E-state index in [4.69, 9.17) is 0 Å². The molecule has 1 saturated heterocycles. The standard InChI is InChI=1S/C16H31N3O/c1-2-3-7-16(8-5-4-6-9-16)18-15(20)14-19-12-10-17-11-13-19/h17H,2-14H2,1H3,(H,18,20). The fourth-order valence-corrected chi connectivity index (χ4v) is 3.59. The van der Waals surface area contributed by atoms with Crippen molar-refractivity contribution in [3.05, 3.63) is 0 Å². The second kappa shape index (κ2) is 7.99. The summed E-state index contributed by atoms with van der Waals surface area (Å²) >= 11 is 0. The first kappa shape index (κ1) is 15.8. The number of amides is 1. The Balaban J connectivity index is 1.84. The van der Waals surface area contributed by atoms with E-state index in [1.54, 1.807) is 0 Å². The third kappa shape index (κ3) is 4.74. The Morgan fingerprint density at radius 1 is 1.20 bits per heavy atom. The van der Waals surface area contributed by atoms with E-state index in [1.807, 2.05) is 0 Å². The molecule has 0 aromatic carbocycles. The van der Waals surface area contributed by atoms with Crippen LogP contribution in [0, 0.1) is 0 Å². The molecule has 1 amide bonds. The minimum Gasteiger partial charge on any atom is -0.350 e. The number of nitrogens with one attached hydrogen (secondary N) is 2. The van der Waals surface area contributed by atoms with Gasteiger partial charge in [0.05, 0.1) is 6.54 Å². The largest absolute Gasteiger partial charge is 0.350 e.